The Balaban J connectivity index is 0.000000124. The van der Waals surface area contributed by atoms with Crippen molar-refractivity contribution in [3.63, 3.8) is 0 Å². The smallest absolute Gasteiger partial charge is 0.160 e. The van der Waals surface area contributed by atoms with Gasteiger partial charge in [-0.05, 0) is 206 Å². The van der Waals surface area contributed by atoms with Crippen LogP contribution in [-0.4, -0.2) is 64.8 Å². The van der Waals surface area contributed by atoms with Crippen LogP contribution in [0.15, 0.2) is 347 Å². The van der Waals surface area contributed by atoms with Crippen molar-refractivity contribution in [3.05, 3.63) is 381 Å². The quantitative estimate of drug-likeness (QED) is 0.127. The van der Waals surface area contributed by atoms with Crippen molar-refractivity contribution in [3.8, 4) is 112 Å². The maximum absolute atomic E-state index is 4.63. The standard InChI is InChI=1S/C18H15N.3C17H14N2.2C10H9N3/c1-14-12-17(15-8-4-2-5-9-15)13-18(19-14)16-10-6-3-7-11-16;1-13-11-15(14-7-3-2-4-8-14)12-17(19-13)16-9-5-6-10-18-16;1-13-10-16(14-6-3-2-4-7-14)11-17(19-13)15-8-5-9-18-12-15;1-13-11-16(14-5-3-2-4-6-14)12-17(19-13)15-7-9-18-10-8-15;1-8-6-12-10(13-7-8)9-2-4-11-5-3-9;1-8-5-12-10(13-6-8)9-3-2-4-11-7-9/h2-13H,1H3;3*2-12H,1H3;2*2-7H,1H3. The van der Waals surface area contributed by atoms with E-state index in [2.05, 4.69) is 210 Å². The zero-order chi connectivity index (χ0) is 70.5. The Morgan fingerprint density at radius 1 is 0.176 bits per heavy atom. The van der Waals surface area contributed by atoms with Crippen LogP contribution in [0.2, 0.25) is 0 Å². The van der Waals surface area contributed by atoms with Gasteiger partial charge in [-0.1, -0.05) is 158 Å². The van der Waals surface area contributed by atoms with Gasteiger partial charge < -0.3 is 0 Å². The van der Waals surface area contributed by atoms with Crippen molar-refractivity contribution in [1.82, 2.24) is 64.8 Å². The van der Waals surface area contributed by atoms with E-state index < -0.39 is 0 Å². The second kappa shape index (κ2) is 36.3. The van der Waals surface area contributed by atoms with Crippen LogP contribution in [0, 0.1) is 41.5 Å². The van der Waals surface area contributed by atoms with Crippen molar-refractivity contribution >= 4 is 0 Å². The predicted octanol–water partition coefficient (Wildman–Crippen LogP) is 20.8. The van der Waals surface area contributed by atoms with Gasteiger partial charge >= 0.3 is 0 Å². The summed E-state index contributed by atoms with van der Waals surface area (Å²) in [6, 6.07) is 90.1. The summed E-state index contributed by atoms with van der Waals surface area (Å²) in [5.41, 5.74) is 25.9. The third kappa shape index (κ3) is 20.8. The molecule has 0 radical (unpaired) electrons. The Bertz CT molecular complexity index is 4340. The second-order valence-electron chi connectivity index (χ2n) is 23.7. The summed E-state index contributed by atoms with van der Waals surface area (Å²) in [5, 5.41) is 0. The lowest BCUT2D eigenvalue weighted by molar-refractivity contribution is 1.13. The zero-order valence-electron chi connectivity index (χ0n) is 57.7. The van der Waals surface area contributed by atoms with Crippen LogP contribution < -0.4 is 0 Å². The highest BCUT2D eigenvalue weighted by molar-refractivity contribution is 5.74. The van der Waals surface area contributed by atoms with Crippen LogP contribution in [0.25, 0.3) is 112 Å². The van der Waals surface area contributed by atoms with E-state index in [0.29, 0.717) is 0 Å². The first-order valence-corrected chi connectivity index (χ1v) is 33.4. The summed E-state index contributed by atoms with van der Waals surface area (Å²) in [7, 11) is 0. The minimum Gasteiger partial charge on any atom is -0.265 e. The van der Waals surface area contributed by atoms with Crippen LogP contribution >= 0.6 is 0 Å². The molecule has 0 aliphatic heterocycles. The van der Waals surface area contributed by atoms with Crippen molar-refractivity contribution in [1.29, 1.82) is 0 Å². The fourth-order valence-corrected chi connectivity index (χ4v) is 10.7. The van der Waals surface area contributed by atoms with E-state index in [4.69, 9.17) is 0 Å². The highest BCUT2D eigenvalue weighted by Crippen LogP contribution is 2.30. The highest BCUT2D eigenvalue weighted by atomic mass is 14.9. The second-order valence-corrected chi connectivity index (χ2v) is 23.7. The summed E-state index contributed by atoms with van der Waals surface area (Å²) in [4.78, 5) is 55.7. The van der Waals surface area contributed by atoms with Crippen molar-refractivity contribution in [2.24, 2.45) is 0 Å². The molecule has 5 aromatic carbocycles. The lowest BCUT2D eigenvalue weighted by Gasteiger charge is -2.07. The van der Waals surface area contributed by atoms with E-state index in [9.17, 15) is 0 Å². The van der Waals surface area contributed by atoms with Gasteiger partial charge in [-0.15, -0.1) is 0 Å². The average Bonchev–Trinajstić information content (AvgIpc) is 0.851. The van der Waals surface area contributed by atoms with Crippen LogP contribution in [0.3, 0.4) is 0 Å². The number of rotatable bonds is 10. The molecule has 496 valence electrons. The molecule has 102 heavy (non-hydrogen) atoms. The van der Waals surface area contributed by atoms with E-state index in [-0.39, 0.29) is 0 Å². The van der Waals surface area contributed by atoms with Gasteiger partial charge in [0.05, 0.1) is 28.5 Å². The molecule has 0 fully saturated rings. The van der Waals surface area contributed by atoms with Gasteiger partial charge in [-0.3, -0.25) is 44.9 Å². The minimum absolute atomic E-state index is 0.721. The van der Waals surface area contributed by atoms with E-state index in [0.717, 1.165) is 102 Å². The Labute approximate surface area is 596 Å². The molecule has 0 saturated carbocycles. The summed E-state index contributed by atoms with van der Waals surface area (Å²) in [6.07, 6.45) is 23.2. The molecule has 0 aliphatic carbocycles. The average molecular weight is 1330 g/mol. The molecule has 11 aromatic heterocycles. The maximum atomic E-state index is 4.63. The highest BCUT2D eigenvalue weighted by Gasteiger charge is 2.10. The largest absolute Gasteiger partial charge is 0.265 e. The topological polar surface area (TPSA) is 168 Å². The molecule has 0 bridgehead atoms. The number of pyridine rings is 9. The molecule has 13 nitrogen and oxygen atoms in total. The number of aryl methyl sites for hydroxylation is 6. The van der Waals surface area contributed by atoms with Crippen LogP contribution in [0.4, 0.5) is 0 Å². The number of benzene rings is 5. The molecule has 11 heterocycles. The Kier molecular flexibility index (Phi) is 24.9. The van der Waals surface area contributed by atoms with Crippen molar-refractivity contribution in [2.75, 3.05) is 0 Å². The molecule has 0 saturated heterocycles. The molecule has 0 atom stereocenters. The number of hydrogen-bond donors (Lipinski definition) is 0. The number of aromatic nitrogens is 13. The SMILES string of the molecule is Cc1cc(-c2ccccc2)cc(-c2ccccc2)n1.Cc1cc(-c2ccccc2)cc(-c2ccccn2)n1.Cc1cc(-c2ccccc2)cc(-c2cccnc2)n1.Cc1cc(-c2ccccc2)cc(-c2ccncc2)n1.Cc1cnc(-c2cccnc2)nc1.Cc1cnc(-c2ccncc2)nc1. The molecule has 16 rings (SSSR count). The van der Waals surface area contributed by atoms with Crippen LogP contribution in [-0.2, 0) is 0 Å². The van der Waals surface area contributed by atoms with Crippen LogP contribution in [0.5, 0.6) is 0 Å². The Morgan fingerprint density at radius 2 is 0.480 bits per heavy atom. The number of nitrogens with zero attached hydrogens (tertiary/aromatic N) is 13. The first kappa shape index (κ1) is 69.9. The van der Waals surface area contributed by atoms with E-state index >= 15 is 0 Å². The number of hydrogen-bond acceptors (Lipinski definition) is 13. The third-order valence-electron chi connectivity index (χ3n) is 15.6. The first-order valence-electron chi connectivity index (χ1n) is 33.4. The summed E-state index contributed by atoms with van der Waals surface area (Å²) < 4.78 is 0. The van der Waals surface area contributed by atoms with E-state index in [1.807, 2.05) is 181 Å². The van der Waals surface area contributed by atoms with Gasteiger partial charge in [0.25, 0.3) is 0 Å². The first-order chi connectivity index (χ1) is 50.0. The lowest BCUT2D eigenvalue weighted by atomic mass is 10.0. The lowest BCUT2D eigenvalue weighted by Crippen LogP contribution is -1.91. The van der Waals surface area contributed by atoms with E-state index in [1.165, 1.54) is 44.5 Å². The predicted molar refractivity (Wildman–Crippen MR) is 413 cm³/mol. The van der Waals surface area contributed by atoms with Gasteiger partial charge in [0, 0.05) is 131 Å². The summed E-state index contributed by atoms with van der Waals surface area (Å²) >= 11 is 0. The molecule has 0 spiro atoms. The molecule has 0 aliphatic rings. The molecule has 0 amide bonds. The monoisotopic (exact) mass is 1330 g/mol. The summed E-state index contributed by atoms with van der Waals surface area (Å²) in [5.74, 6) is 1.46. The van der Waals surface area contributed by atoms with Crippen LogP contribution in [0.1, 0.15) is 33.9 Å². The van der Waals surface area contributed by atoms with E-state index in [1.54, 1.807) is 62.0 Å². The maximum Gasteiger partial charge on any atom is 0.160 e. The molecule has 13 heteroatoms. The Morgan fingerprint density at radius 3 is 0.843 bits per heavy atom. The minimum atomic E-state index is 0.721. The van der Waals surface area contributed by atoms with Gasteiger partial charge in [-0.25, -0.2) is 19.9 Å². The van der Waals surface area contributed by atoms with Crippen molar-refractivity contribution < 1.29 is 0 Å². The van der Waals surface area contributed by atoms with Crippen molar-refractivity contribution in [2.45, 2.75) is 41.5 Å². The molecule has 0 N–H and O–H groups in total. The normalized spacial score (nSPS) is 10.3. The molecule has 0 unspecified atom stereocenters. The van der Waals surface area contributed by atoms with Gasteiger partial charge in [0.1, 0.15) is 0 Å². The van der Waals surface area contributed by atoms with Gasteiger partial charge in [-0.2, -0.15) is 0 Å². The molecular weight excluding hydrogens is 1250 g/mol. The van der Waals surface area contributed by atoms with Gasteiger partial charge in [0.2, 0.25) is 0 Å². The summed E-state index contributed by atoms with van der Waals surface area (Å²) in [6.45, 7) is 12.0. The molecule has 16 aromatic rings. The van der Waals surface area contributed by atoms with Gasteiger partial charge in [0.15, 0.2) is 11.6 Å². The third-order valence-corrected chi connectivity index (χ3v) is 15.6. The Hall–Kier alpha value is -13.4. The fourth-order valence-electron chi connectivity index (χ4n) is 10.7. The zero-order valence-corrected chi connectivity index (χ0v) is 57.7. The fraction of sp³-hybridized carbons (Fsp3) is 0.0674. The molecular formula is C89H75N13.